The Bertz CT molecular complexity index is 563. The zero-order valence-electron chi connectivity index (χ0n) is 11.4. The van der Waals surface area contributed by atoms with Crippen LogP contribution in [0.5, 0.6) is 0 Å². The number of halogens is 1. The van der Waals surface area contributed by atoms with Crippen LogP contribution in [-0.4, -0.2) is 40.2 Å². The first kappa shape index (κ1) is 14.8. The fourth-order valence-corrected chi connectivity index (χ4v) is 2.97. The second kappa shape index (κ2) is 5.44. The third kappa shape index (κ3) is 2.40. The number of amides is 1. The summed E-state index contributed by atoms with van der Waals surface area (Å²) in [6.07, 6.45) is 2.82. The van der Waals surface area contributed by atoms with Crippen molar-refractivity contribution < 1.29 is 19.1 Å². The van der Waals surface area contributed by atoms with E-state index in [0.717, 1.165) is 0 Å². The zero-order valence-corrected chi connectivity index (χ0v) is 12.2. The zero-order chi connectivity index (χ0) is 14.9. The summed E-state index contributed by atoms with van der Waals surface area (Å²) in [7, 11) is 0. The number of carbonyl (C=O) groups is 2. The molecule has 6 heteroatoms. The molecular formula is C14H16FNO3S. The van der Waals surface area contributed by atoms with Crippen molar-refractivity contribution in [1.82, 2.24) is 4.90 Å². The van der Waals surface area contributed by atoms with Crippen molar-refractivity contribution in [2.24, 2.45) is 0 Å². The maximum absolute atomic E-state index is 13.5. The molecule has 1 aromatic rings. The normalized spacial score (nSPS) is 22.1. The van der Waals surface area contributed by atoms with Gasteiger partial charge in [0.2, 0.25) is 0 Å². The Kier molecular flexibility index (Phi) is 4.04. The van der Waals surface area contributed by atoms with Crippen LogP contribution in [0.15, 0.2) is 23.1 Å². The average Bonchev–Trinajstić information content (AvgIpc) is 2.82. The number of carbonyl (C=O) groups excluding carboxylic acids is 1. The number of hydrogen-bond acceptors (Lipinski definition) is 3. The summed E-state index contributed by atoms with van der Waals surface area (Å²) in [6.45, 7) is 1.97. The van der Waals surface area contributed by atoms with E-state index in [2.05, 4.69) is 0 Å². The topological polar surface area (TPSA) is 57.6 Å². The molecule has 0 aromatic heterocycles. The van der Waals surface area contributed by atoms with Gasteiger partial charge in [0.05, 0.1) is 0 Å². The molecule has 108 valence electrons. The molecule has 0 radical (unpaired) electrons. The van der Waals surface area contributed by atoms with E-state index in [0.29, 0.717) is 29.8 Å². The van der Waals surface area contributed by atoms with Gasteiger partial charge in [-0.3, -0.25) is 4.79 Å². The number of thioether (sulfide) groups is 1. The number of rotatable bonds is 3. The molecule has 1 saturated heterocycles. The van der Waals surface area contributed by atoms with Crippen LogP contribution in [0.3, 0.4) is 0 Å². The average molecular weight is 297 g/mol. The summed E-state index contributed by atoms with van der Waals surface area (Å²) in [5, 5.41) is 9.33. The van der Waals surface area contributed by atoms with Crippen molar-refractivity contribution >= 4 is 23.6 Å². The van der Waals surface area contributed by atoms with Gasteiger partial charge < -0.3 is 10.0 Å². The lowest BCUT2D eigenvalue weighted by Crippen LogP contribution is -2.50. The number of carboxylic acids is 1. The van der Waals surface area contributed by atoms with E-state index in [9.17, 15) is 19.1 Å². The Balaban J connectivity index is 2.34. The molecule has 20 heavy (non-hydrogen) atoms. The van der Waals surface area contributed by atoms with Gasteiger partial charge in [-0.2, -0.15) is 0 Å². The molecule has 1 amide bonds. The molecule has 1 fully saturated rings. The molecule has 1 heterocycles. The number of benzene rings is 1. The van der Waals surface area contributed by atoms with Crippen LogP contribution in [0.2, 0.25) is 0 Å². The van der Waals surface area contributed by atoms with Gasteiger partial charge in [0.25, 0.3) is 5.91 Å². The van der Waals surface area contributed by atoms with Gasteiger partial charge in [-0.05, 0) is 44.2 Å². The van der Waals surface area contributed by atoms with Crippen molar-refractivity contribution in [3.63, 3.8) is 0 Å². The van der Waals surface area contributed by atoms with E-state index < -0.39 is 11.5 Å². The van der Waals surface area contributed by atoms with Crippen LogP contribution < -0.4 is 0 Å². The minimum absolute atomic E-state index is 0.324. The van der Waals surface area contributed by atoms with E-state index in [-0.39, 0.29) is 11.7 Å². The second-order valence-corrected chi connectivity index (χ2v) is 5.84. The van der Waals surface area contributed by atoms with Crippen LogP contribution in [0.1, 0.15) is 30.1 Å². The molecule has 1 N–H and O–H groups in total. The Morgan fingerprint density at radius 1 is 1.45 bits per heavy atom. The number of likely N-dealkylation sites (tertiary alicyclic amines) is 1. The predicted octanol–water partition coefficient (Wildman–Crippen LogP) is 2.63. The van der Waals surface area contributed by atoms with Crippen LogP contribution in [0, 0.1) is 5.82 Å². The number of nitrogens with zero attached hydrogens (tertiary/aromatic N) is 1. The van der Waals surface area contributed by atoms with E-state index in [1.54, 1.807) is 13.2 Å². The van der Waals surface area contributed by atoms with Gasteiger partial charge in [-0.1, -0.05) is 0 Å². The van der Waals surface area contributed by atoms with Crippen molar-refractivity contribution in [3.05, 3.63) is 29.6 Å². The lowest BCUT2D eigenvalue weighted by atomic mass is 9.98. The maximum Gasteiger partial charge on any atom is 0.329 e. The highest BCUT2D eigenvalue weighted by molar-refractivity contribution is 7.98. The molecule has 0 aliphatic carbocycles. The molecule has 2 rings (SSSR count). The first-order chi connectivity index (χ1) is 9.40. The lowest BCUT2D eigenvalue weighted by Gasteiger charge is -2.31. The molecule has 1 atom stereocenters. The number of carboxylic acid groups (broad SMARTS) is 1. The standard InChI is InChI=1S/C14H16FNO3S/c1-14(13(18)19)6-3-7-16(14)12(17)9-4-5-10(15)11(8-9)20-2/h4-5,8H,3,6-7H2,1-2H3,(H,18,19). The van der Waals surface area contributed by atoms with Crippen LogP contribution in [-0.2, 0) is 4.79 Å². The van der Waals surface area contributed by atoms with Gasteiger partial charge in [0.1, 0.15) is 11.4 Å². The minimum Gasteiger partial charge on any atom is -0.480 e. The summed E-state index contributed by atoms with van der Waals surface area (Å²) in [4.78, 5) is 25.6. The Morgan fingerprint density at radius 3 is 2.75 bits per heavy atom. The molecule has 0 spiro atoms. The third-order valence-corrected chi connectivity index (χ3v) is 4.50. The van der Waals surface area contributed by atoms with Crippen molar-refractivity contribution in [3.8, 4) is 0 Å². The van der Waals surface area contributed by atoms with E-state index in [4.69, 9.17) is 0 Å². The molecule has 1 aliphatic rings. The highest BCUT2D eigenvalue weighted by Crippen LogP contribution is 2.31. The van der Waals surface area contributed by atoms with Crippen LogP contribution in [0.4, 0.5) is 4.39 Å². The Hall–Kier alpha value is -1.56. The van der Waals surface area contributed by atoms with Gasteiger partial charge >= 0.3 is 5.97 Å². The summed E-state index contributed by atoms with van der Waals surface area (Å²) in [6, 6.07) is 4.12. The second-order valence-electron chi connectivity index (χ2n) is 4.99. The van der Waals surface area contributed by atoms with Gasteiger partial charge in [0, 0.05) is 17.0 Å². The van der Waals surface area contributed by atoms with E-state index >= 15 is 0 Å². The molecule has 0 bridgehead atoms. The Labute approximate surface area is 121 Å². The fraction of sp³-hybridized carbons (Fsp3) is 0.429. The number of hydrogen-bond donors (Lipinski definition) is 1. The first-order valence-corrected chi connectivity index (χ1v) is 7.51. The monoisotopic (exact) mass is 297 g/mol. The molecule has 1 unspecified atom stereocenters. The van der Waals surface area contributed by atoms with Crippen LogP contribution >= 0.6 is 11.8 Å². The summed E-state index contributed by atoms with van der Waals surface area (Å²) in [5.74, 6) is -1.74. The highest BCUT2D eigenvalue weighted by Gasteiger charge is 2.46. The summed E-state index contributed by atoms with van der Waals surface area (Å²) >= 11 is 1.21. The van der Waals surface area contributed by atoms with Gasteiger partial charge in [0.15, 0.2) is 0 Å². The minimum atomic E-state index is -1.18. The third-order valence-electron chi connectivity index (χ3n) is 3.74. The quantitative estimate of drug-likeness (QED) is 0.871. The molecule has 4 nitrogen and oxygen atoms in total. The molecule has 1 aromatic carbocycles. The maximum atomic E-state index is 13.5. The molecule has 1 aliphatic heterocycles. The summed E-state index contributed by atoms with van der Waals surface area (Å²) in [5.41, 5.74) is -0.851. The van der Waals surface area contributed by atoms with Gasteiger partial charge in [-0.25, -0.2) is 9.18 Å². The van der Waals surface area contributed by atoms with E-state index in [1.165, 1.54) is 34.9 Å². The highest BCUT2D eigenvalue weighted by atomic mass is 32.2. The Morgan fingerprint density at radius 2 is 2.15 bits per heavy atom. The SMILES string of the molecule is CSc1cc(C(=O)N2CCCC2(C)C(=O)O)ccc1F. The van der Waals surface area contributed by atoms with Crippen molar-refractivity contribution in [2.75, 3.05) is 12.8 Å². The lowest BCUT2D eigenvalue weighted by molar-refractivity contribution is -0.147. The number of aliphatic carboxylic acids is 1. The van der Waals surface area contributed by atoms with Gasteiger partial charge in [-0.15, -0.1) is 11.8 Å². The van der Waals surface area contributed by atoms with Crippen molar-refractivity contribution in [2.45, 2.75) is 30.2 Å². The first-order valence-electron chi connectivity index (χ1n) is 6.29. The fourth-order valence-electron chi connectivity index (χ4n) is 2.46. The summed E-state index contributed by atoms with van der Waals surface area (Å²) < 4.78 is 13.5. The smallest absolute Gasteiger partial charge is 0.329 e. The largest absolute Gasteiger partial charge is 0.480 e. The molecule has 0 saturated carbocycles. The van der Waals surface area contributed by atoms with Crippen LogP contribution in [0.25, 0.3) is 0 Å². The molecular weight excluding hydrogens is 281 g/mol. The van der Waals surface area contributed by atoms with E-state index in [1.807, 2.05) is 0 Å². The predicted molar refractivity (Wildman–Crippen MR) is 74.5 cm³/mol. The van der Waals surface area contributed by atoms with Crippen molar-refractivity contribution in [1.29, 1.82) is 0 Å².